The Hall–Kier alpha value is -2.09. The van der Waals surface area contributed by atoms with Crippen molar-refractivity contribution in [1.29, 1.82) is 0 Å². The zero-order valence-electron chi connectivity index (χ0n) is 11.3. The van der Waals surface area contributed by atoms with E-state index < -0.39 is 16.8 Å². The van der Waals surface area contributed by atoms with Gasteiger partial charge in [-0.15, -0.1) is 0 Å². The van der Waals surface area contributed by atoms with Crippen LogP contribution in [0.2, 0.25) is 5.02 Å². The van der Waals surface area contributed by atoms with E-state index >= 15 is 0 Å². The third-order valence-electron chi connectivity index (χ3n) is 2.81. The molecule has 118 valence electrons. The Morgan fingerprint density at radius 3 is 2.77 bits per heavy atom. The molecule has 0 spiro atoms. The molecule has 0 atom stereocenters. The summed E-state index contributed by atoms with van der Waals surface area (Å²) >= 11 is 5.51. The van der Waals surface area contributed by atoms with Crippen LogP contribution in [0.5, 0.6) is 0 Å². The number of rotatable bonds is 5. The number of halogens is 4. The average Bonchev–Trinajstić information content (AvgIpc) is 2.93. The maximum atomic E-state index is 12.7. The van der Waals surface area contributed by atoms with E-state index in [0.717, 1.165) is 12.1 Å². The minimum atomic E-state index is -4.56. The zero-order chi connectivity index (χ0) is 16.2. The quantitative estimate of drug-likeness (QED) is 0.913. The number of amides is 1. The van der Waals surface area contributed by atoms with Crippen LogP contribution in [0.4, 0.5) is 18.9 Å². The van der Waals surface area contributed by atoms with E-state index in [1.807, 2.05) is 0 Å². The summed E-state index contributed by atoms with van der Waals surface area (Å²) in [6, 6.07) is 3.25. The highest BCUT2D eigenvalue weighted by Gasteiger charge is 2.33. The maximum Gasteiger partial charge on any atom is 0.417 e. The van der Waals surface area contributed by atoms with Crippen LogP contribution in [0.3, 0.4) is 0 Å². The molecule has 1 aromatic heterocycles. The second-order valence-corrected chi connectivity index (χ2v) is 4.91. The predicted molar refractivity (Wildman–Crippen MR) is 74.3 cm³/mol. The number of aryl methyl sites for hydroxylation is 1. The van der Waals surface area contributed by atoms with Crippen molar-refractivity contribution >= 4 is 23.2 Å². The molecule has 1 N–H and O–H groups in total. The first-order valence-corrected chi connectivity index (χ1v) is 6.73. The van der Waals surface area contributed by atoms with Crippen LogP contribution >= 0.6 is 11.6 Å². The molecule has 0 fully saturated rings. The summed E-state index contributed by atoms with van der Waals surface area (Å²) in [7, 11) is 0. The molecule has 0 radical (unpaired) electrons. The molecule has 1 aromatic carbocycles. The standard InChI is InChI=1S/C13H12ClF3N4O/c14-11-4-3-9(6-10(11)13(15,16)17)20-12(22)2-1-5-21-8-18-7-19-21/h3-4,6-8H,1-2,5H2,(H,20,22). The van der Waals surface area contributed by atoms with Gasteiger partial charge in [-0.3, -0.25) is 9.48 Å². The minimum absolute atomic E-state index is 0.0579. The molecular weight excluding hydrogens is 321 g/mol. The van der Waals surface area contributed by atoms with E-state index in [4.69, 9.17) is 11.6 Å². The van der Waals surface area contributed by atoms with Crippen LogP contribution in [0.15, 0.2) is 30.9 Å². The van der Waals surface area contributed by atoms with Crippen molar-refractivity contribution < 1.29 is 18.0 Å². The molecule has 2 rings (SSSR count). The highest BCUT2D eigenvalue weighted by atomic mass is 35.5. The number of carbonyl (C=O) groups is 1. The smallest absolute Gasteiger partial charge is 0.326 e. The molecule has 0 aliphatic carbocycles. The van der Waals surface area contributed by atoms with Gasteiger partial charge in [-0.25, -0.2) is 4.98 Å². The van der Waals surface area contributed by atoms with E-state index in [1.54, 1.807) is 4.68 Å². The average molecular weight is 333 g/mol. The van der Waals surface area contributed by atoms with Crippen LogP contribution < -0.4 is 5.32 Å². The van der Waals surface area contributed by atoms with Crippen LogP contribution in [0, 0.1) is 0 Å². The number of benzene rings is 1. The van der Waals surface area contributed by atoms with Crippen LogP contribution in [0.1, 0.15) is 18.4 Å². The minimum Gasteiger partial charge on any atom is -0.326 e. The van der Waals surface area contributed by atoms with Gasteiger partial charge in [0.2, 0.25) is 5.91 Å². The first-order chi connectivity index (χ1) is 10.4. The third kappa shape index (κ3) is 4.45. The summed E-state index contributed by atoms with van der Waals surface area (Å²) in [5.41, 5.74) is -0.919. The normalized spacial score (nSPS) is 11.5. The molecule has 1 amide bonds. The molecule has 0 saturated heterocycles. The van der Waals surface area contributed by atoms with Gasteiger partial charge in [0.05, 0.1) is 10.6 Å². The molecule has 0 bridgehead atoms. The van der Waals surface area contributed by atoms with E-state index in [9.17, 15) is 18.0 Å². The topological polar surface area (TPSA) is 59.8 Å². The Labute approximate surface area is 129 Å². The molecule has 9 heteroatoms. The molecule has 22 heavy (non-hydrogen) atoms. The monoisotopic (exact) mass is 332 g/mol. The lowest BCUT2D eigenvalue weighted by Gasteiger charge is -2.11. The van der Waals surface area contributed by atoms with Crippen molar-refractivity contribution in [2.24, 2.45) is 0 Å². The fourth-order valence-electron chi connectivity index (χ4n) is 1.79. The summed E-state index contributed by atoms with van der Waals surface area (Å²) < 4.78 is 39.7. The number of nitrogens with zero attached hydrogens (tertiary/aromatic N) is 3. The molecule has 1 heterocycles. The number of hydrogen-bond donors (Lipinski definition) is 1. The SMILES string of the molecule is O=C(CCCn1cncn1)Nc1ccc(Cl)c(C(F)(F)F)c1. The molecule has 0 unspecified atom stereocenters. The number of hydrogen-bond acceptors (Lipinski definition) is 3. The van der Waals surface area contributed by atoms with Gasteiger partial charge in [0, 0.05) is 18.7 Å². The molecule has 0 aliphatic heterocycles. The number of anilines is 1. The Bertz CT molecular complexity index is 643. The van der Waals surface area contributed by atoms with Gasteiger partial charge in [-0.1, -0.05) is 11.6 Å². The van der Waals surface area contributed by atoms with Crippen LogP contribution in [-0.4, -0.2) is 20.7 Å². The van der Waals surface area contributed by atoms with Crippen molar-refractivity contribution in [2.75, 3.05) is 5.32 Å². The fraction of sp³-hybridized carbons (Fsp3) is 0.308. The maximum absolute atomic E-state index is 12.7. The highest BCUT2D eigenvalue weighted by Crippen LogP contribution is 2.36. The van der Waals surface area contributed by atoms with E-state index in [1.165, 1.54) is 18.7 Å². The summed E-state index contributed by atoms with van der Waals surface area (Å²) in [5.74, 6) is -0.379. The third-order valence-corrected chi connectivity index (χ3v) is 3.14. The molecule has 0 aliphatic rings. The lowest BCUT2D eigenvalue weighted by Crippen LogP contribution is -2.14. The van der Waals surface area contributed by atoms with Crippen LogP contribution in [-0.2, 0) is 17.5 Å². The molecular formula is C13H12ClF3N4O. The van der Waals surface area contributed by atoms with Gasteiger partial charge in [-0.2, -0.15) is 18.3 Å². The lowest BCUT2D eigenvalue weighted by atomic mass is 10.2. The van der Waals surface area contributed by atoms with Gasteiger partial charge in [0.15, 0.2) is 0 Å². The molecule has 0 saturated carbocycles. The van der Waals surface area contributed by atoms with Gasteiger partial charge < -0.3 is 5.32 Å². The van der Waals surface area contributed by atoms with E-state index in [2.05, 4.69) is 15.4 Å². The number of nitrogens with one attached hydrogen (secondary N) is 1. The number of aromatic nitrogens is 3. The van der Waals surface area contributed by atoms with E-state index in [0.29, 0.717) is 13.0 Å². The Morgan fingerprint density at radius 2 is 2.14 bits per heavy atom. The van der Waals surface area contributed by atoms with Crippen molar-refractivity contribution in [3.63, 3.8) is 0 Å². The van der Waals surface area contributed by atoms with Crippen LogP contribution in [0.25, 0.3) is 0 Å². The first-order valence-electron chi connectivity index (χ1n) is 6.35. The highest BCUT2D eigenvalue weighted by molar-refractivity contribution is 6.31. The molecule has 5 nitrogen and oxygen atoms in total. The predicted octanol–water partition coefficient (Wildman–Crippen LogP) is 3.37. The Morgan fingerprint density at radius 1 is 1.36 bits per heavy atom. The Kier molecular flexibility index (Phi) is 5.02. The summed E-state index contributed by atoms with van der Waals surface area (Å²) in [5, 5.41) is 5.89. The largest absolute Gasteiger partial charge is 0.417 e. The second kappa shape index (κ2) is 6.78. The fourth-order valence-corrected chi connectivity index (χ4v) is 2.02. The summed E-state index contributed by atoms with van der Waals surface area (Å²) in [4.78, 5) is 15.5. The van der Waals surface area contributed by atoms with Gasteiger partial charge in [-0.05, 0) is 24.6 Å². The number of alkyl halides is 3. The molecule has 2 aromatic rings. The van der Waals surface area contributed by atoms with Crippen molar-refractivity contribution in [2.45, 2.75) is 25.6 Å². The summed E-state index contributed by atoms with van der Waals surface area (Å²) in [6.07, 6.45) is -1.01. The second-order valence-electron chi connectivity index (χ2n) is 4.50. The lowest BCUT2D eigenvalue weighted by molar-refractivity contribution is -0.137. The first kappa shape index (κ1) is 16.3. The van der Waals surface area contributed by atoms with Crippen molar-refractivity contribution in [3.8, 4) is 0 Å². The van der Waals surface area contributed by atoms with Gasteiger partial charge in [0.25, 0.3) is 0 Å². The Balaban J connectivity index is 1.91. The van der Waals surface area contributed by atoms with Crippen molar-refractivity contribution in [3.05, 3.63) is 41.4 Å². The summed E-state index contributed by atoms with van der Waals surface area (Å²) in [6.45, 7) is 0.502. The number of carbonyl (C=O) groups excluding carboxylic acids is 1. The van der Waals surface area contributed by atoms with E-state index in [-0.39, 0.29) is 18.0 Å². The zero-order valence-corrected chi connectivity index (χ0v) is 12.0. The van der Waals surface area contributed by atoms with Crippen molar-refractivity contribution in [1.82, 2.24) is 14.8 Å². The van der Waals surface area contributed by atoms with Gasteiger partial charge in [0.1, 0.15) is 12.7 Å². The van der Waals surface area contributed by atoms with Gasteiger partial charge >= 0.3 is 6.18 Å².